The van der Waals surface area contributed by atoms with Gasteiger partial charge in [-0.3, -0.25) is 9.78 Å². The Morgan fingerprint density at radius 3 is 2.31 bits per heavy atom. The molecule has 1 amide bonds. The number of nitrogens with one attached hydrogen (secondary N) is 1. The van der Waals surface area contributed by atoms with Crippen molar-refractivity contribution in [1.29, 1.82) is 0 Å². The lowest BCUT2D eigenvalue weighted by atomic mass is 10.1. The van der Waals surface area contributed by atoms with Crippen LogP contribution < -0.4 is 15.0 Å². The largest absolute Gasteiger partial charge is 0.497 e. The molecule has 0 saturated carbocycles. The van der Waals surface area contributed by atoms with Crippen LogP contribution in [0, 0.1) is 0 Å². The van der Waals surface area contributed by atoms with Gasteiger partial charge in [0.15, 0.2) is 5.82 Å². The SMILES string of the molecule is COc1ccc(NC(=O)c2ccc(-c3nccnc3N3CCCCC3)cc2)cc1. The van der Waals surface area contributed by atoms with Gasteiger partial charge in [-0.25, -0.2) is 4.98 Å². The van der Waals surface area contributed by atoms with Crippen LogP contribution in [-0.4, -0.2) is 36.1 Å². The third-order valence-electron chi connectivity index (χ3n) is 5.10. The number of anilines is 2. The Morgan fingerprint density at radius 1 is 0.931 bits per heavy atom. The molecule has 3 aromatic rings. The van der Waals surface area contributed by atoms with Crippen molar-refractivity contribution in [2.24, 2.45) is 0 Å². The van der Waals surface area contributed by atoms with Crippen LogP contribution in [0.25, 0.3) is 11.3 Å². The van der Waals surface area contributed by atoms with E-state index in [-0.39, 0.29) is 5.91 Å². The average molecular weight is 388 g/mol. The summed E-state index contributed by atoms with van der Waals surface area (Å²) >= 11 is 0. The lowest BCUT2D eigenvalue weighted by molar-refractivity contribution is 0.102. The van der Waals surface area contributed by atoms with Crippen molar-refractivity contribution in [3.63, 3.8) is 0 Å². The standard InChI is InChI=1S/C23H24N4O2/c1-29-20-11-9-19(10-12-20)26-23(28)18-7-5-17(6-8-18)21-22(25-14-13-24-21)27-15-3-2-4-16-27/h5-14H,2-4,15-16H2,1H3,(H,26,28). The summed E-state index contributed by atoms with van der Waals surface area (Å²) in [4.78, 5) is 24.0. The van der Waals surface area contributed by atoms with Crippen LogP contribution in [0.4, 0.5) is 11.5 Å². The van der Waals surface area contributed by atoms with Gasteiger partial charge in [0.25, 0.3) is 5.91 Å². The van der Waals surface area contributed by atoms with Crippen LogP contribution in [0.5, 0.6) is 5.75 Å². The fourth-order valence-corrected chi connectivity index (χ4v) is 3.53. The maximum absolute atomic E-state index is 12.6. The molecule has 6 nitrogen and oxygen atoms in total. The number of nitrogens with zero attached hydrogens (tertiary/aromatic N) is 3. The highest BCUT2D eigenvalue weighted by molar-refractivity contribution is 6.04. The normalized spacial score (nSPS) is 13.8. The van der Waals surface area contributed by atoms with Gasteiger partial charge in [-0.15, -0.1) is 0 Å². The van der Waals surface area contributed by atoms with Gasteiger partial charge in [0.1, 0.15) is 11.4 Å². The van der Waals surface area contributed by atoms with Gasteiger partial charge in [-0.2, -0.15) is 0 Å². The number of methoxy groups -OCH3 is 1. The molecule has 6 heteroatoms. The number of benzene rings is 2. The second-order valence-electron chi connectivity index (χ2n) is 7.04. The molecule has 1 aromatic heterocycles. The minimum absolute atomic E-state index is 0.155. The Labute approximate surface area is 170 Å². The Kier molecular flexibility index (Phi) is 5.70. The van der Waals surface area contributed by atoms with Crippen LogP contribution in [0.2, 0.25) is 0 Å². The quantitative estimate of drug-likeness (QED) is 0.702. The number of amides is 1. The van der Waals surface area contributed by atoms with Gasteiger partial charge in [-0.1, -0.05) is 12.1 Å². The highest BCUT2D eigenvalue weighted by Crippen LogP contribution is 2.29. The van der Waals surface area contributed by atoms with E-state index in [9.17, 15) is 4.79 Å². The predicted octanol–water partition coefficient (Wildman–Crippen LogP) is 4.39. The fourth-order valence-electron chi connectivity index (χ4n) is 3.53. The summed E-state index contributed by atoms with van der Waals surface area (Å²) < 4.78 is 5.14. The van der Waals surface area contributed by atoms with Crippen molar-refractivity contribution < 1.29 is 9.53 Å². The first kappa shape index (κ1) is 18.9. The second kappa shape index (κ2) is 8.73. The third-order valence-corrected chi connectivity index (χ3v) is 5.10. The minimum atomic E-state index is -0.155. The molecule has 1 N–H and O–H groups in total. The molecular weight excluding hydrogens is 364 g/mol. The lowest BCUT2D eigenvalue weighted by Crippen LogP contribution is -2.30. The number of ether oxygens (including phenoxy) is 1. The summed E-state index contributed by atoms with van der Waals surface area (Å²) in [7, 11) is 1.61. The molecule has 1 aliphatic rings. The zero-order valence-corrected chi connectivity index (χ0v) is 16.5. The summed E-state index contributed by atoms with van der Waals surface area (Å²) in [6, 6.07) is 14.8. The molecule has 2 aromatic carbocycles. The molecule has 1 fully saturated rings. The molecule has 1 saturated heterocycles. The lowest BCUT2D eigenvalue weighted by Gasteiger charge is -2.28. The maximum atomic E-state index is 12.6. The first-order valence-electron chi connectivity index (χ1n) is 9.86. The van der Waals surface area contributed by atoms with Gasteiger partial charge in [0.2, 0.25) is 0 Å². The summed E-state index contributed by atoms with van der Waals surface area (Å²) in [6.45, 7) is 2.02. The van der Waals surface area contributed by atoms with Crippen molar-refractivity contribution in [2.75, 3.05) is 30.4 Å². The molecule has 0 bridgehead atoms. The molecule has 2 heterocycles. The van der Waals surface area contributed by atoms with Crippen molar-refractivity contribution in [3.05, 3.63) is 66.5 Å². The Bertz CT molecular complexity index is 965. The number of carbonyl (C=O) groups is 1. The third kappa shape index (κ3) is 4.37. The van der Waals surface area contributed by atoms with Crippen molar-refractivity contribution in [3.8, 4) is 17.0 Å². The van der Waals surface area contributed by atoms with Crippen LogP contribution in [0.3, 0.4) is 0 Å². The fraction of sp³-hybridized carbons (Fsp3) is 0.261. The summed E-state index contributed by atoms with van der Waals surface area (Å²) in [5.41, 5.74) is 3.13. The number of rotatable bonds is 5. The topological polar surface area (TPSA) is 67.3 Å². The van der Waals surface area contributed by atoms with Gasteiger partial charge >= 0.3 is 0 Å². The summed E-state index contributed by atoms with van der Waals surface area (Å²) in [5.74, 6) is 1.51. The first-order valence-corrected chi connectivity index (χ1v) is 9.86. The van der Waals surface area contributed by atoms with Crippen molar-refractivity contribution in [2.45, 2.75) is 19.3 Å². The Hall–Kier alpha value is -3.41. The Morgan fingerprint density at radius 2 is 1.62 bits per heavy atom. The maximum Gasteiger partial charge on any atom is 0.255 e. The average Bonchev–Trinajstić information content (AvgIpc) is 2.80. The molecular formula is C23H24N4O2. The molecule has 0 atom stereocenters. The van der Waals surface area contributed by atoms with E-state index in [0.29, 0.717) is 5.56 Å². The first-order chi connectivity index (χ1) is 14.2. The van der Waals surface area contributed by atoms with Crippen molar-refractivity contribution >= 4 is 17.4 Å². The number of hydrogen-bond acceptors (Lipinski definition) is 5. The van der Waals surface area contributed by atoms with Crippen molar-refractivity contribution in [1.82, 2.24) is 9.97 Å². The molecule has 0 aliphatic carbocycles. The number of aromatic nitrogens is 2. The zero-order chi connectivity index (χ0) is 20.1. The van der Waals surface area contributed by atoms with Crippen LogP contribution >= 0.6 is 0 Å². The van der Waals surface area contributed by atoms with E-state index in [1.165, 1.54) is 19.3 Å². The predicted molar refractivity (Wildman–Crippen MR) is 114 cm³/mol. The van der Waals surface area contributed by atoms with E-state index < -0.39 is 0 Å². The monoisotopic (exact) mass is 388 g/mol. The second-order valence-corrected chi connectivity index (χ2v) is 7.04. The molecule has 0 radical (unpaired) electrons. The van der Waals surface area contributed by atoms with Gasteiger partial charge in [0, 0.05) is 42.3 Å². The van der Waals surface area contributed by atoms with Crippen LogP contribution in [-0.2, 0) is 0 Å². The summed E-state index contributed by atoms with van der Waals surface area (Å²) in [5, 5.41) is 2.90. The minimum Gasteiger partial charge on any atom is -0.497 e. The van der Waals surface area contributed by atoms with Gasteiger partial charge in [0.05, 0.1) is 7.11 Å². The Balaban J connectivity index is 1.51. The van der Waals surface area contributed by atoms with Crippen LogP contribution in [0.15, 0.2) is 60.9 Å². The van der Waals surface area contributed by atoms with E-state index in [1.807, 2.05) is 48.5 Å². The molecule has 29 heavy (non-hydrogen) atoms. The molecule has 4 rings (SSSR count). The highest BCUT2D eigenvalue weighted by Gasteiger charge is 2.18. The summed E-state index contributed by atoms with van der Waals surface area (Å²) in [6.07, 6.45) is 7.09. The van der Waals surface area contributed by atoms with Gasteiger partial charge in [-0.05, 0) is 55.7 Å². The van der Waals surface area contributed by atoms with Crippen LogP contribution in [0.1, 0.15) is 29.6 Å². The molecule has 0 spiro atoms. The van der Waals surface area contributed by atoms with Gasteiger partial charge < -0.3 is 15.0 Å². The molecule has 1 aliphatic heterocycles. The number of hydrogen-bond donors (Lipinski definition) is 1. The number of carbonyl (C=O) groups excluding carboxylic acids is 1. The molecule has 148 valence electrons. The number of piperidine rings is 1. The van der Waals surface area contributed by atoms with E-state index in [1.54, 1.807) is 19.5 Å². The van der Waals surface area contributed by atoms with E-state index in [2.05, 4.69) is 20.2 Å². The smallest absolute Gasteiger partial charge is 0.255 e. The van der Waals surface area contributed by atoms with E-state index in [4.69, 9.17) is 4.74 Å². The zero-order valence-electron chi connectivity index (χ0n) is 16.5. The highest BCUT2D eigenvalue weighted by atomic mass is 16.5. The molecule has 0 unspecified atom stereocenters. The van der Waals surface area contributed by atoms with E-state index >= 15 is 0 Å². The van der Waals surface area contributed by atoms with E-state index in [0.717, 1.165) is 41.6 Å².